The van der Waals surface area contributed by atoms with Crippen molar-refractivity contribution in [2.24, 2.45) is 5.92 Å². The quantitative estimate of drug-likeness (QED) is 0.801. The van der Waals surface area contributed by atoms with Gasteiger partial charge in [0.25, 0.3) is 5.91 Å². The van der Waals surface area contributed by atoms with Gasteiger partial charge in [0.1, 0.15) is 17.2 Å². The smallest absolute Gasteiger partial charge is 0.259 e. The minimum absolute atomic E-state index is 0.109. The molecule has 0 atom stereocenters. The Morgan fingerprint density at radius 3 is 2.45 bits per heavy atom. The van der Waals surface area contributed by atoms with Gasteiger partial charge in [0, 0.05) is 30.3 Å². The van der Waals surface area contributed by atoms with E-state index >= 15 is 0 Å². The van der Waals surface area contributed by atoms with Crippen molar-refractivity contribution >= 4 is 23.2 Å². The van der Waals surface area contributed by atoms with Gasteiger partial charge in [-0.15, -0.1) is 11.3 Å². The number of piperidine rings is 1. The molecule has 0 unspecified atom stereocenters. The first-order valence-electron chi connectivity index (χ1n) is 9.98. The number of thiazole rings is 1. The molecule has 1 aliphatic carbocycles. The van der Waals surface area contributed by atoms with Crippen molar-refractivity contribution in [1.29, 1.82) is 0 Å². The minimum atomic E-state index is -0.828. The third-order valence-corrected chi connectivity index (χ3v) is 6.85. The van der Waals surface area contributed by atoms with E-state index in [0.717, 1.165) is 42.1 Å². The Labute approximate surface area is 172 Å². The molecule has 2 heterocycles. The van der Waals surface area contributed by atoms with Crippen LogP contribution in [0.15, 0.2) is 23.6 Å². The molecule has 1 aromatic carbocycles. The van der Waals surface area contributed by atoms with Gasteiger partial charge < -0.3 is 10.2 Å². The molecule has 29 heavy (non-hydrogen) atoms. The number of hydrogen-bond donors (Lipinski definition) is 1. The minimum Gasteiger partial charge on any atom is -0.350 e. The maximum atomic E-state index is 13.9. The maximum absolute atomic E-state index is 13.9. The summed E-state index contributed by atoms with van der Waals surface area (Å²) in [6.07, 6.45) is 4.47. The summed E-state index contributed by atoms with van der Waals surface area (Å²) in [5.41, 5.74) is 0.370. The van der Waals surface area contributed by atoms with Crippen LogP contribution in [0, 0.1) is 17.6 Å². The van der Waals surface area contributed by atoms with E-state index in [1.807, 2.05) is 5.38 Å². The van der Waals surface area contributed by atoms with Crippen LogP contribution in [0.4, 0.5) is 8.78 Å². The highest BCUT2D eigenvalue weighted by Crippen LogP contribution is 2.31. The molecule has 8 heteroatoms. The monoisotopic (exact) mass is 419 g/mol. The Morgan fingerprint density at radius 2 is 1.83 bits per heavy atom. The zero-order chi connectivity index (χ0) is 20.4. The predicted molar refractivity (Wildman–Crippen MR) is 106 cm³/mol. The van der Waals surface area contributed by atoms with E-state index in [1.54, 1.807) is 11.3 Å². The largest absolute Gasteiger partial charge is 0.350 e. The Kier molecular flexibility index (Phi) is 5.89. The lowest BCUT2D eigenvalue weighted by molar-refractivity contribution is -0.127. The second-order valence-corrected chi connectivity index (χ2v) is 8.58. The number of benzene rings is 1. The van der Waals surface area contributed by atoms with E-state index in [4.69, 9.17) is 0 Å². The lowest BCUT2D eigenvalue weighted by atomic mass is 9.85. The average Bonchev–Trinajstić information content (AvgIpc) is 3.14. The van der Waals surface area contributed by atoms with Crippen LogP contribution >= 0.6 is 11.3 Å². The van der Waals surface area contributed by atoms with Crippen molar-refractivity contribution in [3.63, 3.8) is 0 Å². The van der Waals surface area contributed by atoms with E-state index < -0.39 is 23.1 Å². The highest BCUT2D eigenvalue weighted by atomic mass is 32.1. The summed E-state index contributed by atoms with van der Waals surface area (Å²) in [5, 5.41) is 5.90. The number of likely N-dealkylation sites (tertiary alicyclic amines) is 1. The first-order chi connectivity index (χ1) is 14.0. The standard InChI is InChI=1S/C21H23F2N3O2S/c22-16-5-2-6-17(23)18(16)21(28)26-9-7-14(8-10-26)20-25-15(12-29-20)11-24-19(27)13-3-1-4-13/h2,5-6,12-14H,1,3-4,7-11H2,(H,24,27). The Morgan fingerprint density at radius 1 is 1.14 bits per heavy atom. The Balaban J connectivity index is 1.31. The topological polar surface area (TPSA) is 62.3 Å². The van der Waals surface area contributed by atoms with Gasteiger partial charge in [-0.05, 0) is 37.8 Å². The number of rotatable bonds is 5. The molecule has 1 N–H and O–H groups in total. The van der Waals surface area contributed by atoms with Crippen molar-refractivity contribution < 1.29 is 18.4 Å². The Hall–Kier alpha value is -2.35. The molecule has 2 amide bonds. The van der Waals surface area contributed by atoms with Gasteiger partial charge in [0.15, 0.2) is 0 Å². The average molecular weight is 419 g/mol. The summed E-state index contributed by atoms with van der Waals surface area (Å²) < 4.78 is 27.8. The number of halogens is 2. The summed E-state index contributed by atoms with van der Waals surface area (Å²) in [6.45, 7) is 1.31. The summed E-state index contributed by atoms with van der Waals surface area (Å²) in [7, 11) is 0. The van der Waals surface area contributed by atoms with E-state index in [9.17, 15) is 18.4 Å². The van der Waals surface area contributed by atoms with Crippen LogP contribution in [0.5, 0.6) is 0 Å². The van der Waals surface area contributed by atoms with Gasteiger partial charge in [-0.25, -0.2) is 13.8 Å². The van der Waals surface area contributed by atoms with E-state index in [-0.39, 0.29) is 17.7 Å². The molecule has 2 aromatic rings. The number of aromatic nitrogens is 1. The van der Waals surface area contributed by atoms with Crippen LogP contribution in [0.2, 0.25) is 0 Å². The van der Waals surface area contributed by atoms with Gasteiger partial charge in [-0.3, -0.25) is 9.59 Å². The second kappa shape index (κ2) is 8.57. The molecule has 1 saturated heterocycles. The first-order valence-corrected chi connectivity index (χ1v) is 10.9. The summed E-state index contributed by atoms with van der Waals surface area (Å²) in [5.74, 6) is -1.77. The summed E-state index contributed by atoms with van der Waals surface area (Å²) >= 11 is 1.56. The number of nitrogens with zero attached hydrogens (tertiary/aromatic N) is 2. The van der Waals surface area contributed by atoms with Gasteiger partial charge in [0.05, 0.1) is 17.2 Å². The Bertz CT molecular complexity index is 885. The molecule has 5 nitrogen and oxygen atoms in total. The van der Waals surface area contributed by atoms with Crippen molar-refractivity contribution in [3.05, 3.63) is 51.5 Å². The fourth-order valence-corrected chi connectivity index (χ4v) is 4.76. The van der Waals surface area contributed by atoms with E-state index in [0.29, 0.717) is 32.5 Å². The van der Waals surface area contributed by atoms with E-state index in [1.165, 1.54) is 11.0 Å². The number of hydrogen-bond acceptors (Lipinski definition) is 4. The number of amides is 2. The molecule has 0 radical (unpaired) electrons. The zero-order valence-electron chi connectivity index (χ0n) is 16.0. The third-order valence-electron chi connectivity index (χ3n) is 5.80. The lowest BCUT2D eigenvalue weighted by Crippen LogP contribution is -2.38. The van der Waals surface area contributed by atoms with Crippen molar-refractivity contribution in [2.45, 2.75) is 44.6 Å². The summed E-state index contributed by atoms with van der Waals surface area (Å²) in [6, 6.07) is 3.45. The van der Waals surface area contributed by atoms with E-state index in [2.05, 4.69) is 10.3 Å². The highest BCUT2D eigenvalue weighted by molar-refractivity contribution is 7.09. The summed E-state index contributed by atoms with van der Waals surface area (Å²) in [4.78, 5) is 30.6. The molecular formula is C21H23F2N3O2S. The van der Waals surface area contributed by atoms with Crippen LogP contribution in [0.25, 0.3) is 0 Å². The van der Waals surface area contributed by atoms with Gasteiger partial charge in [-0.1, -0.05) is 12.5 Å². The molecule has 1 aromatic heterocycles. The van der Waals surface area contributed by atoms with Gasteiger partial charge in [0.2, 0.25) is 5.91 Å². The third kappa shape index (κ3) is 4.32. The lowest BCUT2D eigenvalue weighted by Gasteiger charge is -2.31. The molecule has 0 bridgehead atoms. The zero-order valence-corrected chi connectivity index (χ0v) is 16.8. The number of nitrogens with one attached hydrogen (secondary N) is 1. The van der Waals surface area contributed by atoms with Crippen molar-refractivity contribution in [1.82, 2.24) is 15.2 Å². The molecule has 4 rings (SSSR count). The van der Waals surface area contributed by atoms with Crippen LogP contribution in [0.3, 0.4) is 0 Å². The van der Waals surface area contributed by atoms with Crippen LogP contribution in [-0.4, -0.2) is 34.8 Å². The van der Waals surface area contributed by atoms with Crippen LogP contribution < -0.4 is 5.32 Å². The fourth-order valence-electron chi connectivity index (χ4n) is 3.77. The highest BCUT2D eigenvalue weighted by Gasteiger charge is 2.29. The van der Waals surface area contributed by atoms with Crippen molar-refractivity contribution in [2.75, 3.05) is 13.1 Å². The normalized spacial score (nSPS) is 17.8. The van der Waals surface area contributed by atoms with Crippen LogP contribution in [0.1, 0.15) is 59.1 Å². The van der Waals surface area contributed by atoms with Gasteiger partial charge in [-0.2, -0.15) is 0 Å². The fraction of sp³-hybridized carbons (Fsp3) is 0.476. The molecule has 1 aliphatic heterocycles. The van der Waals surface area contributed by atoms with Gasteiger partial charge >= 0.3 is 0 Å². The molecule has 0 spiro atoms. The second-order valence-electron chi connectivity index (χ2n) is 7.69. The molecule has 2 fully saturated rings. The maximum Gasteiger partial charge on any atom is 0.259 e. The molecule has 1 saturated carbocycles. The SMILES string of the molecule is O=C(NCc1csc(C2CCN(C(=O)c3c(F)cccc3F)CC2)n1)C1CCC1. The molecule has 154 valence electrons. The molecule has 2 aliphatic rings. The number of carbonyl (C=O) groups is 2. The van der Waals surface area contributed by atoms with Crippen LogP contribution in [-0.2, 0) is 11.3 Å². The molecular weight excluding hydrogens is 396 g/mol. The first kappa shape index (κ1) is 19.9. The van der Waals surface area contributed by atoms with Crippen molar-refractivity contribution in [3.8, 4) is 0 Å². The number of carbonyl (C=O) groups excluding carboxylic acids is 2. The predicted octanol–water partition coefficient (Wildman–Crippen LogP) is 3.86.